The third kappa shape index (κ3) is 4.14. The Kier molecular flexibility index (Phi) is 5.10. The summed E-state index contributed by atoms with van der Waals surface area (Å²) in [7, 11) is 0. The molecule has 0 saturated heterocycles. The molecule has 2 rings (SSSR count). The van der Waals surface area contributed by atoms with Gasteiger partial charge in [-0.05, 0) is 24.3 Å². The van der Waals surface area contributed by atoms with E-state index in [2.05, 4.69) is 5.32 Å². The summed E-state index contributed by atoms with van der Waals surface area (Å²) in [6.07, 6.45) is 5.48. The fraction of sp³-hybridized carbons (Fsp3) is 0.571. The number of Topliss-reactive ketones (excluding diaryl/α,β-unsaturated/α-hetero) is 1. The summed E-state index contributed by atoms with van der Waals surface area (Å²) >= 11 is 1.37. The van der Waals surface area contributed by atoms with Gasteiger partial charge in [-0.2, -0.15) is 0 Å². The molecule has 0 aromatic carbocycles. The predicted molar refractivity (Wildman–Crippen MR) is 74.7 cm³/mol. The summed E-state index contributed by atoms with van der Waals surface area (Å²) in [6, 6.07) is 3.25. The van der Waals surface area contributed by atoms with Crippen LogP contribution in [0.3, 0.4) is 0 Å². The maximum atomic E-state index is 12.3. The van der Waals surface area contributed by atoms with Gasteiger partial charge < -0.3 is 10.4 Å². The number of carbonyl (C=O) groups excluding carboxylic acids is 1. The fourth-order valence-electron chi connectivity index (χ4n) is 2.55. The maximum Gasteiger partial charge on any atom is 0.305 e. The van der Waals surface area contributed by atoms with Gasteiger partial charge in [0.2, 0.25) is 0 Å². The molecular weight excluding hydrogens is 262 g/mol. The Hall–Kier alpha value is -1.20. The largest absolute Gasteiger partial charge is 0.481 e. The lowest BCUT2D eigenvalue weighted by atomic mass is 9.94. The molecule has 0 spiro atoms. The van der Waals surface area contributed by atoms with Crippen molar-refractivity contribution >= 4 is 23.1 Å². The summed E-state index contributed by atoms with van der Waals surface area (Å²) in [6.45, 7) is 0. The van der Waals surface area contributed by atoms with E-state index in [9.17, 15) is 9.59 Å². The summed E-state index contributed by atoms with van der Waals surface area (Å²) in [5, 5.41) is 14.1. The Morgan fingerprint density at radius 2 is 2.11 bits per heavy atom. The van der Waals surface area contributed by atoms with Crippen molar-refractivity contribution in [1.82, 2.24) is 5.32 Å². The average Bonchev–Trinajstić information content (AvgIpc) is 2.91. The molecule has 0 radical (unpaired) electrons. The molecule has 5 heteroatoms. The van der Waals surface area contributed by atoms with Gasteiger partial charge in [0.05, 0.1) is 17.3 Å². The maximum absolute atomic E-state index is 12.3. The predicted octanol–water partition coefficient (Wildman–Crippen LogP) is 2.70. The van der Waals surface area contributed by atoms with Crippen molar-refractivity contribution < 1.29 is 14.7 Å². The van der Waals surface area contributed by atoms with Crippen molar-refractivity contribution in [3.8, 4) is 0 Å². The molecule has 0 aliphatic heterocycles. The number of nitrogens with one attached hydrogen (secondary N) is 1. The van der Waals surface area contributed by atoms with Crippen molar-refractivity contribution in [3.63, 3.8) is 0 Å². The van der Waals surface area contributed by atoms with Crippen LogP contribution in [-0.4, -0.2) is 28.9 Å². The molecule has 0 bridgehead atoms. The highest BCUT2D eigenvalue weighted by Crippen LogP contribution is 2.20. The van der Waals surface area contributed by atoms with E-state index in [1.807, 2.05) is 11.4 Å². The minimum atomic E-state index is -0.932. The number of aliphatic carboxylic acids is 1. The molecule has 2 N–H and O–H groups in total. The second-order valence-corrected chi connectivity index (χ2v) is 5.94. The number of hydrogen-bond acceptors (Lipinski definition) is 4. The molecule has 1 saturated carbocycles. The van der Waals surface area contributed by atoms with E-state index in [0.29, 0.717) is 4.88 Å². The van der Waals surface area contributed by atoms with Crippen molar-refractivity contribution in [1.29, 1.82) is 0 Å². The first kappa shape index (κ1) is 14.2. The zero-order valence-corrected chi connectivity index (χ0v) is 11.6. The van der Waals surface area contributed by atoms with E-state index in [0.717, 1.165) is 25.7 Å². The lowest BCUT2D eigenvalue weighted by Gasteiger charge is -2.27. The molecule has 1 aliphatic carbocycles. The number of carbonyl (C=O) groups is 2. The molecule has 4 nitrogen and oxygen atoms in total. The monoisotopic (exact) mass is 281 g/mol. The number of hydrogen-bond donors (Lipinski definition) is 2. The molecule has 1 aromatic rings. The van der Waals surface area contributed by atoms with Gasteiger partial charge >= 0.3 is 5.97 Å². The first-order chi connectivity index (χ1) is 9.16. The molecule has 1 aliphatic rings. The Morgan fingerprint density at radius 1 is 1.37 bits per heavy atom. The summed E-state index contributed by atoms with van der Waals surface area (Å²) in [4.78, 5) is 23.9. The van der Waals surface area contributed by atoms with E-state index in [4.69, 9.17) is 5.11 Å². The Morgan fingerprint density at radius 3 is 2.68 bits per heavy atom. The first-order valence-electron chi connectivity index (χ1n) is 6.72. The zero-order valence-electron chi connectivity index (χ0n) is 10.8. The Balaban J connectivity index is 2.02. The van der Waals surface area contributed by atoms with Crippen molar-refractivity contribution in [2.75, 3.05) is 0 Å². The second-order valence-electron chi connectivity index (χ2n) is 4.99. The number of thiophene rings is 1. The van der Waals surface area contributed by atoms with Gasteiger partial charge in [-0.15, -0.1) is 11.3 Å². The number of carboxylic acids is 1. The van der Waals surface area contributed by atoms with Crippen molar-refractivity contribution in [2.24, 2.45) is 0 Å². The minimum Gasteiger partial charge on any atom is -0.481 e. The third-order valence-corrected chi connectivity index (χ3v) is 4.39. The zero-order chi connectivity index (χ0) is 13.7. The van der Waals surface area contributed by atoms with Crippen LogP contribution in [0.25, 0.3) is 0 Å². The second kappa shape index (κ2) is 6.82. The molecule has 0 amide bonds. The molecule has 1 heterocycles. The highest BCUT2D eigenvalue weighted by Gasteiger charge is 2.26. The van der Waals surface area contributed by atoms with Crippen LogP contribution in [0.1, 0.15) is 48.2 Å². The van der Waals surface area contributed by atoms with E-state index in [1.165, 1.54) is 17.8 Å². The van der Waals surface area contributed by atoms with Crippen LogP contribution in [0.5, 0.6) is 0 Å². The Labute approximate surface area is 116 Å². The van der Waals surface area contributed by atoms with Crippen LogP contribution in [0.2, 0.25) is 0 Å². The first-order valence-corrected chi connectivity index (χ1v) is 7.60. The van der Waals surface area contributed by atoms with Gasteiger partial charge in [0.25, 0.3) is 0 Å². The number of rotatable bonds is 6. The van der Waals surface area contributed by atoms with Crippen LogP contribution in [0.4, 0.5) is 0 Å². The smallest absolute Gasteiger partial charge is 0.305 e. The molecule has 1 aromatic heterocycles. The quantitative estimate of drug-likeness (QED) is 0.787. The standard InChI is InChI=1S/C14H19NO3S/c16-13(17)9-11(14(18)12-7-4-8-19-12)15-10-5-2-1-3-6-10/h4,7-8,10-11,15H,1-3,5-6,9H2,(H,16,17). The third-order valence-electron chi connectivity index (χ3n) is 3.50. The van der Waals surface area contributed by atoms with Gasteiger partial charge in [0.1, 0.15) is 0 Å². The van der Waals surface area contributed by atoms with E-state index in [1.54, 1.807) is 6.07 Å². The lowest BCUT2D eigenvalue weighted by molar-refractivity contribution is -0.137. The highest BCUT2D eigenvalue weighted by molar-refractivity contribution is 7.12. The van der Waals surface area contributed by atoms with Crippen LogP contribution in [-0.2, 0) is 4.79 Å². The van der Waals surface area contributed by atoms with Crippen molar-refractivity contribution in [3.05, 3.63) is 22.4 Å². The van der Waals surface area contributed by atoms with Crippen LogP contribution in [0, 0.1) is 0 Å². The fourth-order valence-corrected chi connectivity index (χ4v) is 3.27. The van der Waals surface area contributed by atoms with E-state index in [-0.39, 0.29) is 18.2 Å². The summed E-state index contributed by atoms with van der Waals surface area (Å²) < 4.78 is 0. The van der Waals surface area contributed by atoms with Crippen molar-refractivity contribution in [2.45, 2.75) is 50.6 Å². The summed E-state index contributed by atoms with van der Waals surface area (Å²) in [5.41, 5.74) is 0. The average molecular weight is 281 g/mol. The summed E-state index contributed by atoms with van der Waals surface area (Å²) in [5.74, 6) is -1.03. The van der Waals surface area contributed by atoms with Crippen LogP contribution >= 0.6 is 11.3 Å². The van der Waals surface area contributed by atoms with Gasteiger partial charge in [0.15, 0.2) is 5.78 Å². The number of carboxylic acid groups (broad SMARTS) is 1. The van der Waals surface area contributed by atoms with E-state index < -0.39 is 12.0 Å². The van der Waals surface area contributed by atoms with E-state index >= 15 is 0 Å². The molecule has 19 heavy (non-hydrogen) atoms. The number of ketones is 1. The molecule has 1 unspecified atom stereocenters. The molecule has 104 valence electrons. The van der Waals surface area contributed by atoms with Gasteiger partial charge in [0, 0.05) is 6.04 Å². The van der Waals surface area contributed by atoms with Gasteiger partial charge in [-0.25, -0.2) is 0 Å². The normalized spacial score (nSPS) is 18.1. The Bertz CT molecular complexity index is 424. The lowest BCUT2D eigenvalue weighted by Crippen LogP contribution is -2.45. The highest BCUT2D eigenvalue weighted by atomic mass is 32.1. The van der Waals surface area contributed by atoms with Crippen LogP contribution < -0.4 is 5.32 Å². The molecule has 1 atom stereocenters. The topological polar surface area (TPSA) is 66.4 Å². The molecule has 1 fully saturated rings. The SMILES string of the molecule is O=C(O)CC(NC1CCCCC1)C(=O)c1cccs1. The van der Waals surface area contributed by atoms with Gasteiger partial charge in [-0.3, -0.25) is 9.59 Å². The van der Waals surface area contributed by atoms with Gasteiger partial charge in [-0.1, -0.05) is 25.3 Å². The minimum absolute atomic E-state index is 0.0945. The van der Waals surface area contributed by atoms with Crippen LogP contribution in [0.15, 0.2) is 17.5 Å². The molecular formula is C14H19NO3S.